The van der Waals surface area contributed by atoms with Crippen molar-refractivity contribution in [3.63, 3.8) is 0 Å². The number of hydrogen-bond donors (Lipinski definition) is 1. The van der Waals surface area contributed by atoms with Crippen molar-refractivity contribution in [1.82, 2.24) is 9.55 Å². The Labute approximate surface area is 123 Å². The third-order valence-corrected chi connectivity index (χ3v) is 3.89. The predicted molar refractivity (Wildman–Crippen MR) is 80.7 cm³/mol. The number of esters is 1. The van der Waals surface area contributed by atoms with Crippen LogP contribution in [0.15, 0.2) is 18.2 Å². The van der Waals surface area contributed by atoms with Crippen LogP contribution in [0.1, 0.15) is 40.8 Å². The molecule has 3 rings (SSSR count). The standard InChI is InChI=1S/C16H19N3O2/c1-3-21-16(20)14-15(17)19(10(2)18-14)13-8-7-11-5-4-6-12(11)9-13/h7-9H,3-6,17H2,1-2H3. The van der Waals surface area contributed by atoms with Crippen LogP contribution in [0.4, 0.5) is 5.82 Å². The van der Waals surface area contributed by atoms with E-state index in [1.165, 1.54) is 17.5 Å². The van der Waals surface area contributed by atoms with Gasteiger partial charge < -0.3 is 10.5 Å². The normalized spacial score (nSPS) is 13.2. The minimum absolute atomic E-state index is 0.190. The first-order valence-corrected chi connectivity index (χ1v) is 7.26. The topological polar surface area (TPSA) is 70.1 Å². The highest BCUT2D eigenvalue weighted by atomic mass is 16.5. The number of fused-ring (bicyclic) bond motifs is 1. The van der Waals surface area contributed by atoms with Crippen molar-refractivity contribution < 1.29 is 9.53 Å². The molecule has 0 atom stereocenters. The Morgan fingerprint density at radius 3 is 2.90 bits per heavy atom. The molecular weight excluding hydrogens is 266 g/mol. The number of anilines is 1. The molecule has 1 aliphatic rings. The Morgan fingerprint density at radius 1 is 1.38 bits per heavy atom. The van der Waals surface area contributed by atoms with Crippen LogP contribution in [0.3, 0.4) is 0 Å². The van der Waals surface area contributed by atoms with E-state index in [1.807, 2.05) is 17.6 Å². The molecule has 5 heteroatoms. The first-order valence-electron chi connectivity index (χ1n) is 7.26. The lowest BCUT2D eigenvalue weighted by Crippen LogP contribution is -2.09. The monoisotopic (exact) mass is 285 g/mol. The van der Waals surface area contributed by atoms with Crippen LogP contribution >= 0.6 is 0 Å². The third kappa shape index (κ3) is 2.28. The summed E-state index contributed by atoms with van der Waals surface area (Å²) < 4.78 is 6.80. The number of nitrogens with two attached hydrogens (primary N) is 1. The maximum Gasteiger partial charge on any atom is 0.360 e. The first kappa shape index (κ1) is 13.7. The van der Waals surface area contributed by atoms with Gasteiger partial charge in [0.05, 0.1) is 6.61 Å². The van der Waals surface area contributed by atoms with Gasteiger partial charge in [-0.25, -0.2) is 9.78 Å². The summed E-state index contributed by atoms with van der Waals surface area (Å²) in [6, 6.07) is 6.31. The lowest BCUT2D eigenvalue weighted by Gasteiger charge is -2.10. The van der Waals surface area contributed by atoms with Gasteiger partial charge in [-0.15, -0.1) is 0 Å². The number of hydrogen-bond acceptors (Lipinski definition) is 4. The zero-order valence-electron chi connectivity index (χ0n) is 12.3. The molecule has 0 saturated carbocycles. The highest BCUT2D eigenvalue weighted by Gasteiger charge is 2.21. The minimum atomic E-state index is -0.474. The molecular formula is C16H19N3O2. The van der Waals surface area contributed by atoms with Gasteiger partial charge in [0.15, 0.2) is 5.69 Å². The number of nitrogen functional groups attached to an aromatic ring is 1. The molecule has 0 unspecified atom stereocenters. The van der Waals surface area contributed by atoms with Gasteiger partial charge in [0, 0.05) is 5.69 Å². The summed E-state index contributed by atoms with van der Waals surface area (Å²) in [6.07, 6.45) is 3.44. The van der Waals surface area contributed by atoms with Crippen LogP contribution in [0.25, 0.3) is 5.69 Å². The van der Waals surface area contributed by atoms with E-state index in [0.717, 1.165) is 18.5 Å². The molecule has 1 heterocycles. The van der Waals surface area contributed by atoms with Gasteiger partial charge in [0.1, 0.15) is 11.6 Å². The largest absolute Gasteiger partial charge is 0.461 e. The van der Waals surface area contributed by atoms with Gasteiger partial charge in [0.2, 0.25) is 0 Å². The van der Waals surface area contributed by atoms with Gasteiger partial charge in [0.25, 0.3) is 0 Å². The van der Waals surface area contributed by atoms with Crippen molar-refractivity contribution >= 4 is 11.8 Å². The molecule has 0 amide bonds. The summed E-state index contributed by atoms with van der Waals surface area (Å²) in [7, 11) is 0. The van der Waals surface area contributed by atoms with Crippen molar-refractivity contribution in [3.05, 3.63) is 40.8 Å². The molecule has 0 fully saturated rings. The van der Waals surface area contributed by atoms with Crippen LogP contribution in [-0.4, -0.2) is 22.1 Å². The van der Waals surface area contributed by atoms with Gasteiger partial charge in [-0.2, -0.15) is 0 Å². The Morgan fingerprint density at radius 2 is 2.14 bits per heavy atom. The van der Waals surface area contributed by atoms with Crippen LogP contribution in [0, 0.1) is 6.92 Å². The second kappa shape index (κ2) is 5.24. The highest BCUT2D eigenvalue weighted by molar-refractivity contribution is 5.92. The van der Waals surface area contributed by atoms with E-state index >= 15 is 0 Å². The average Bonchev–Trinajstić information content (AvgIpc) is 3.03. The number of imidazole rings is 1. The average molecular weight is 285 g/mol. The van der Waals surface area contributed by atoms with Crippen molar-refractivity contribution in [2.45, 2.75) is 33.1 Å². The predicted octanol–water partition coefficient (Wildman–Crippen LogP) is 2.43. The van der Waals surface area contributed by atoms with E-state index < -0.39 is 5.97 Å². The Kier molecular flexibility index (Phi) is 3.41. The fraction of sp³-hybridized carbons (Fsp3) is 0.375. The van der Waals surface area contributed by atoms with Crippen LogP contribution < -0.4 is 5.73 Å². The van der Waals surface area contributed by atoms with Crippen LogP contribution in [0.2, 0.25) is 0 Å². The molecule has 1 aromatic heterocycles. The van der Waals surface area contributed by atoms with Gasteiger partial charge in [-0.05, 0) is 56.4 Å². The SMILES string of the molecule is CCOC(=O)c1nc(C)n(-c2ccc3c(c2)CCC3)c1N. The summed E-state index contributed by atoms with van der Waals surface area (Å²) in [6.45, 7) is 3.91. The smallest absolute Gasteiger partial charge is 0.360 e. The summed E-state index contributed by atoms with van der Waals surface area (Å²) >= 11 is 0. The lowest BCUT2D eigenvalue weighted by atomic mass is 10.1. The second-order valence-corrected chi connectivity index (χ2v) is 5.26. The summed E-state index contributed by atoms with van der Waals surface area (Å²) in [4.78, 5) is 16.1. The summed E-state index contributed by atoms with van der Waals surface area (Å²) in [5, 5.41) is 0. The fourth-order valence-electron chi connectivity index (χ4n) is 2.92. The third-order valence-electron chi connectivity index (χ3n) is 3.89. The number of carbonyl (C=O) groups excluding carboxylic acids is 1. The molecule has 2 aromatic rings. The van der Waals surface area contributed by atoms with Gasteiger partial charge in [-0.3, -0.25) is 4.57 Å². The van der Waals surface area contributed by atoms with E-state index in [2.05, 4.69) is 17.1 Å². The number of aromatic nitrogens is 2. The lowest BCUT2D eigenvalue weighted by molar-refractivity contribution is 0.0521. The number of rotatable bonds is 3. The quantitative estimate of drug-likeness (QED) is 0.879. The summed E-state index contributed by atoms with van der Waals surface area (Å²) in [5.41, 5.74) is 10.0. The van der Waals surface area contributed by atoms with Gasteiger partial charge in [-0.1, -0.05) is 6.07 Å². The minimum Gasteiger partial charge on any atom is -0.461 e. The van der Waals surface area contributed by atoms with E-state index in [1.54, 1.807) is 6.92 Å². The molecule has 0 aliphatic heterocycles. The molecule has 2 N–H and O–H groups in total. The molecule has 0 radical (unpaired) electrons. The van der Waals surface area contributed by atoms with Crippen molar-refractivity contribution in [3.8, 4) is 5.69 Å². The molecule has 1 aliphatic carbocycles. The van der Waals surface area contributed by atoms with E-state index in [-0.39, 0.29) is 5.69 Å². The van der Waals surface area contributed by atoms with Crippen molar-refractivity contribution in [1.29, 1.82) is 0 Å². The molecule has 1 aromatic carbocycles. The van der Waals surface area contributed by atoms with Crippen molar-refractivity contribution in [2.75, 3.05) is 12.3 Å². The van der Waals surface area contributed by atoms with E-state index in [0.29, 0.717) is 18.2 Å². The Balaban J connectivity index is 2.05. The molecule has 5 nitrogen and oxygen atoms in total. The Hall–Kier alpha value is -2.30. The maximum absolute atomic E-state index is 11.9. The summed E-state index contributed by atoms with van der Waals surface area (Å²) in [5.74, 6) is 0.551. The number of benzene rings is 1. The molecule has 0 saturated heterocycles. The zero-order valence-corrected chi connectivity index (χ0v) is 12.3. The Bertz CT molecular complexity index is 704. The van der Waals surface area contributed by atoms with Gasteiger partial charge >= 0.3 is 5.97 Å². The molecule has 110 valence electrons. The van der Waals surface area contributed by atoms with Crippen LogP contribution in [0.5, 0.6) is 0 Å². The number of aryl methyl sites for hydroxylation is 3. The van der Waals surface area contributed by atoms with E-state index in [4.69, 9.17) is 10.5 Å². The van der Waals surface area contributed by atoms with Crippen molar-refractivity contribution in [2.24, 2.45) is 0 Å². The number of carbonyl (C=O) groups is 1. The molecule has 0 bridgehead atoms. The highest BCUT2D eigenvalue weighted by Crippen LogP contribution is 2.27. The number of nitrogens with zero attached hydrogens (tertiary/aromatic N) is 2. The molecule has 21 heavy (non-hydrogen) atoms. The number of ether oxygens (including phenoxy) is 1. The first-order chi connectivity index (χ1) is 10.1. The zero-order chi connectivity index (χ0) is 15.0. The molecule has 0 spiro atoms. The van der Waals surface area contributed by atoms with Crippen LogP contribution in [-0.2, 0) is 17.6 Å². The van der Waals surface area contributed by atoms with E-state index in [9.17, 15) is 4.79 Å². The second-order valence-electron chi connectivity index (χ2n) is 5.26. The maximum atomic E-state index is 11.9. The fourth-order valence-corrected chi connectivity index (χ4v) is 2.92.